The van der Waals surface area contributed by atoms with Crippen LogP contribution in [-0.4, -0.2) is 0 Å². The van der Waals surface area contributed by atoms with Crippen molar-refractivity contribution in [3.63, 3.8) is 0 Å². The molecule has 1 saturated carbocycles. The predicted molar refractivity (Wildman–Crippen MR) is 70.0 cm³/mol. The Kier molecular flexibility index (Phi) is 3.00. The van der Waals surface area contributed by atoms with Gasteiger partial charge in [-0.1, -0.05) is 49.6 Å². The van der Waals surface area contributed by atoms with E-state index in [0.717, 1.165) is 5.76 Å². The van der Waals surface area contributed by atoms with Crippen LogP contribution < -0.4 is 0 Å². The number of hydrogen-bond donors (Lipinski definition) is 0. The van der Waals surface area contributed by atoms with E-state index in [4.69, 9.17) is 4.42 Å². The summed E-state index contributed by atoms with van der Waals surface area (Å²) in [7, 11) is 0. The quantitative estimate of drug-likeness (QED) is 0.702. The molecule has 0 amide bonds. The van der Waals surface area contributed by atoms with Gasteiger partial charge in [0, 0.05) is 11.5 Å². The van der Waals surface area contributed by atoms with E-state index in [-0.39, 0.29) is 0 Å². The number of furan rings is 1. The van der Waals surface area contributed by atoms with Gasteiger partial charge >= 0.3 is 0 Å². The van der Waals surface area contributed by atoms with Gasteiger partial charge in [0.25, 0.3) is 0 Å². The topological polar surface area (TPSA) is 13.1 Å². The Bertz CT molecular complexity index is 463. The first kappa shape index (κ1) is 10.6. The van der Waals surface area contributed by atoms with Crippen LogP contribution in [-0.2, 0) is 0 Å². The van der Waals surface area contributed by atoms with Crippen molar-refractivity contribution in [3.05, 3.63) is 48.2 Å². The second-order valence-electron chi connectivity index (χ2n) is 4.90. The molecule has 1 fully saturated rings. The number of benzene rings is 1. The van der Waals surface area contributed by atoms with E-state index in [1.165, 1.54) is 43.4 Å². The minimum absolute atomic E-state index is 0.654. The third-order valence-electron chi connectivity index (χ3n) is 3.69. The average Bonchev–Trinajstić information content (AvgIpc) is 2.90. The molecule has 1 heterocycles. The second kappa shape index (κ2) is 4.79. The Hall–Kier alpha value is -1.50. The fourth-order valence-electron chi connectivity index (χ4n) is 2.72. The summed E-state index contributed by atoms with van der Waals surface area (Å²) in [5.74, 6) is 2.84. The van der Waals surface area contributed by atoms with Crippen molar-refractivity contribution in [2.24, 2.45) is 0 Å². The molecule has 1 heteroatoms. The summed E-state index contributed by atoms with van der Waals surface area (Å²) in [5, 5.41) is 0. The molecule has 1 aliphatic carbocycles. The van der Waals surface area contributed by atoms with Gasteiger partial charge in [-0.15, -0.1) is 0 Å². The van der Waals surface area contributed by atoms with Crippen molar-refractivity contribution >= 4 is 0 Å². The molecule has 1 aliphatic rings. The molecule has 0 unspecified atom stereocenters. The highest BCUT2D eigenvalue weighted by atomic mass is 16.3. The third kappa shape index (κ3) is 2.28. The van der Waals surface area contributed by atoms with E-state index in [1.807, 2.05) is 6.07 Å². The van der Waals surface area contributed by atoms with Crippen molar-refractivity contribution in [2.45, 2.75) is 38.0 Å². The molecular formula is C16H18O. The first-order chi connectivity index (χ1) is 8.43. The lowest BCUT2D eigenvalue weighted by Gasteiger charge is -2.19. The van der Waals surface area contributed by atoms with Crippen LogP contribution in [0.4, 0.5) is 0 Å². The average molecular weight is 226 g/mol. The van der Waals surface area contributed by atoms with Gasteiger partial charge in [0.2, 0.25) is 0 Å². The Morgan fingerprint density at radius 3 is 2.35 bits per heavy atom. The molecule has 0 spiro atoms. The molecule has 1 nitrogen and oxygen atoms in total. The molecule has 3 rings (SSSR count). The Morgan fingerprint density at radius 2 is 1.59 bits per heavy atom. The number of hydrogen-bond acceptors (Lipinski definition) is 1. The van der Waals surface area contributed by atoms with Crippen molar-refractivity contribution in [1.82, 2.24) is 0 Å². The van der Waals surface area contributed by atoms with Gasteiger partial charge in [-0.2, -0.15) is 0 Å². The molecular weight excluding hydrogens is 208 g/mol. The van der Waals surface area contributed by atoms with Crippen LogP contribution in [0, 0.1) is 0 Å². The molecule has 0 saturated heterocycles. The molecule has 0 aliphatic heterocycles. The summed E-state index contributed by atoms with van der Waals surface area (Å²) in [6, 6.07) is 14.6. The van der Waals surface area contributed by atoms with Crippen molar-refractivity contribution in [2.75, 3.05) is 0 Å². The second-order valence-corrected chi connectivity index (χ2v) is 4.90. The monoisotopic (exact) mass is 226 g/mol. The summed E-state index contributed by atoms with van der Waals surface area (Å²) >= 11 is 0. The van der Waals surface area contributed by atoms with Gasteiger partial charge in [-0.05, 0) is 25.0 Å². The van der Waals surface area contributed by atoms with Crippen LogP contribution in [0.15, 0.2) is 46.9 Å². The van der Waals surface area contributed by atoms with E-state index in [2.05, 4.69) is 36.4 Å². The fourth-order valence-corrected chi connectivity index (χ4v) is 2.72. The SMILES string of the molecule is c1ccc(-c2ccc(C3CCCCC3)o2)cc1. The lowest BCUT2D eigenvalue weighted by atomic mass is 9.88. The Morgan fingerprint density at radius 1 is 0.824 bits per heavy atom. The molecule has 0 radical (unpaired) electrons. The summed E-state index contributed by atoms with van der Waals surface area (Å²) in [6.07, 6.45) is 6.68. The lowest BCUT2D eigenvalue weighted by molar-refractivity contribution is 0.378. The number of rotatable bonds is 2. The smallest absolute Gasteiger partial charge is 0.134 e. The van der Waals surface area contributed by atoms with Gasteiger partial charge in [0.15, 0.2) is 0 Å². The van der Waals surface area contributed by atoms with Gasteiger partial charge in [0.05, 0.1) is 0 Å². The van der Waals surface area contributed by atoms with Gasteiger partial charge in [0.1, 0.15) is 11.5 Å². The van der Waals surface area contributed by atoms with Crippen molar-refractivity contribution < 1.29 is 4.42 Å². The van der Waals surface area contributed by atoms with Crippen molar-refractivity contribution in [3.8, 4) is 11.3 Å². The molecule has 0 bridgehead atoms. The summed E-state index contributed by atoms with van der Waals surface area (Å²) < 4.78 is 6.01. The third-order valence-corrected chi connectivity index (χ3v) is 3.69. The van der Waals surface area contributed by atoms with E-state index in [9.17, 15) is 0 Å². The minimum Gasteiger partial charge on any atom is -0.461 e. The normalized spacial score (nSPS) is 17.2. The van der Waals surface area contributed by atoms with Gasteiger partial charge in [-0.25, -0.2) is 0 Å². The van der Waals surface area contributed by atoms with Crippen LogP contribution in [0.2, 0.25) is 0 Å². The van der Waals surface area contributed by atoms with Crippen LogP contribution in [0.3, 0.4) is 0 Å². The van der Waals surface area contributed by atoms with Crippen LogP contribution >= 0.6 is 0 Å². The molecule has 1 aromatic carbocycles. The van der Waals surface area contributed by atoms with Gasteiger partial charge < -0.3 is 4.42 Å². The molecule has 1 aromatic heterocycles. The van der Waals surface area contributed by atoms with Gasteiger partial charge in [-0.3, -0.25) is 0 Å². The lowest BCUT2D eigenvalue weighted by Crippen LogP contribution is -2.02. The standard InChI is InChI=1S/C16H18O/c1-3-7-13(8-4-1)15-11-12-16(17-15)14-9-5-2-6-10-14/h1,3-4,7-8,11-12,14H,2,5-6,9-10H2. The van der Waals surface area contributed by atoms with Crippen molar-refractivity contribution in [1.29, 1.82) is 0 Å². The molecule has 0 N–H and O–H groups in total. The maximum atomic E-state index is 6.01. The zero-order valence-corrected chi connectivity index (χ0v) is 10.1. The highest BCUT2D eigenvalue weighted by Crippen LogP contribution is 2.35. The molecule has 0 atom stereocenters. The summed E-state index contributed by atoms with van der Waals surface area (Å²) in [5.41, 5.74) is 1.18. The van der Waals surface area contributed by atoms with E-state index in [0.29, 0.717) is 5.92 Å². The molecule has 88 valence electrons. The predicted octanol–water partition coefficient (Wildman–Crippen LogP) is 4.99. The first-order valence-electron chi connectivity index (χ1n) is 6.58. The highest BCUT2D eigenvalue weighted by Gasteiger charge is 2.18. The van der Waals surface area contributed by atoms with Crippen LogP contribution in [0.1, 0.15) is 43.8 Å². The molecule has 2 aromatic rings. The Labute approximate surface area is 102 Å². The zero-order chi connectivity index (χ0) is 11.5. The van der Waals surface area contributed by atoms with Crippen LogP contribution in [0.5, 0.6) is 0 Å². The summed E-state index contributed by atoms with van der Waals surface area (Å²) in [6.45, 7) is 0. The first-order valence-corrected chi connectivity index (χ1v) is 6.58. The Balaban J connectivity index is 1.83. The maximum absolute atomic E-state index is 6.01. The van der Waals surface area contributed by atoms with E-state index < -0.39 is 0 Å². The van der Waals surface area contributed by atoms with E-state index >= 15 is 0 Å². The van der Waals surface area contributed by atoms with Crippen LogP contribution in [0.25, 0.3) is 11.3 Å². The maximum Gasteiger partial charge on any atom is 0.134 e. The summed E-state index contributed by atoms with van der Waals surface area (Å²) in [4.78, 5) is 0. The highest BCUT2D eigenvalue weighted by molar-refractivity contribution is 5.57. The largest absolute Gasteiger partial charge is 0.461 e. The van der Waals surface area contributed by atoms with E-state index in [1.54, 1.807) is 0 Å². The minimum atomic E-state index is 0.654. The molecule has 17 heavy (non-hydrogen) atoms. The zero-order valence-electron chi connectivity index (χ0n) is 10.1. The fraction of sp³-hybridized carbons (Fsp3) is 0.375.